The van der Waals surface area contributed by atoms with Crippen molar-refractivity contribution < 1.29 is 9.90 Å². The number of carboxylic acid groups (broad SMARTS) is 1. The molecule has 0 aliphatic carbocycles. The zero-order chi connectivity index (χ0) is 17.3. The lowest BCUT2D eigenvalue weighted by Crippen LogP contribution is -2.29. The highest BCUT2D eigenvalue weighted by Gasteiger charge is 2.17. The van der Waals surface area contributed by atoms with Crippen molar-refractivity contribution in [1.82, 2.24) is 19.1 Å². The lowest BCUT2D eigenvalue weighted by atomic mass is 10.2. The molecule has 2 heterocycles. The zero-order valence-corrected chi connectivity index (χ0v) is 13.5. The van der Waals surface area contributed by atoms with E-state index in [2.05, 4.69) is 9.97 Å². The van der Waals surface area contributed by atoms with Crippen LogP contribution in [0, 0.1) is 0 Å². The number of aromatic amines is 1. The molecule has 0 aliphatic heterocycles. The molecule has 0 spiro atoms. The quantitative estimate of drug-likeness (QED) is 0.613. The fraction of sp³-hybridized carbons (Fsp3) is 0.200. The molecular formula is C15H13N4O4S-. The molecule has 0 amide bonds. The van der Waals surface area contributed by atoms with Crippen LogP contribution >= 0.6 is 11.8 Å². The van der Waals surface area contributed by atoms with Gasteiger partial charge in [-0.15, -0.1) is 0 Å². The second-order valence-corrected chi connectivity index (χ2v) is 6.06. The van der Waals surface area contributed by atoms with Crippen LogP contribution in [0.25, 0.3) is 11.2 Å². The predicted molar refractivity (Wildman–Crippen MR) is 86.9 cm³/mol. The van der Waals surface area contributed by atoms with Crippen molar-refractivity contribution in [3.05, 3.63) is 56.7 Å². The Morgan fingerprint density at radius 1 is 1.29 bits per heavy atom. The third-order valence-corrected chi connectivity index (χ3v) is 4.42. The number of carboxylic acids is 1. The number of hydrogen-bond donors (Lipinski definition) is 1. The Hall–Kier alpha value is -2.81. The van der Waals surface area contributed by atoms with Gasteiger partial charge in [-0.05, 0) is 5.56 Å². The van der Waals surface area contributed by atoms with Crippen LogP contribution in [0.1, 0.15) is 5.56 Å². The van der Waals surface area contributed by atoms with Gasteiger partial charge >= 0.3 is 5.69 Å². The summed E-state index contributed by atoms with van der Waals surface area (Å²) in [7, 11) is 1.49. The molecule has 2 aromatic heterocycles. The normalized spacial score (nSPS) is 11.0. The molecule has 124 valence electrons. The molecule has 0 radical (unpaired) electrons. The number of fused-ring (bicyclic) bond motifs is 1. The number of carbonyl (C=O) groups is 1. The number of carbonyl (C=O) groups excluding carboxylic acids is 1. The van der Waals surface area contributed by atoms with Crippen LogP contribution in [0.15, 0.2) is 45.1 Å². The van der Waals surface area contributed by atoms with Crippen molar-refractivity contribution in [1.29, 1.82) is 0 Å². The van der Waals surface area contributed by atoms with Gasteiger partial charge in [0.05, 0.1) is 12.5 Å². The SMILES string of the molecule is Cn1c(=O)[nH]c(=O)c2c1nc(SCC(=O)[O-])n2Cc1ccccc1. The number of nitrogens with zero attached hydrogens (tertiary/aromatic N) is 3. The minimum atomic E-state index is -1.24. The van der Waals surface area contributed by atoms with Gasteiger partial charge in [0.2, 0.25) is 0 Å². The van der Waals surface area contributed by atoms with Crippen LogP contribution in [0.2, 0.25) is 0 Å². The number of H-pyrrole nitrogens is 1. The number of aliphatic carboxylic acids is 1. The summed E-state index contributed by atoms with van der Waals surface area (Å²) in [5.74, 6) is -1.54. The number of hydrogen-bond acceptors (Lipinski definition) is 6. The molecule has 24 heavy (non-hydrogen) atoms. The first-order chi connectivity index (χ1) is 11.5. The van der Waals surface area contributed by atoms with Crippen LogP contribution in [0.5, 0.6) is 0 Å². The largest absolute Gasteiger partial charge is 0.549 e. The molecule has 9 heteroatoms. The maximum absolute atomic E-state index is 12.2. The summed E-state index contributed by atoms with van der Waals surface area (Å²) >= 11 is 0.945. The Kier molecular flexibility index (Phi) is 4.26. The number of aromatic nitrogens is 4. The van der Waals surface area contributed by atoms with Crippen molar-refractivity contribution in [3.8, 4) is 0 Å². The third-order valence-electron chi connectivity index (χ3n) is 3.47. The Balaban J connectivity index is 2.20. The van der Waals surface area contributed by atoms with E-state index in [1.54, 1.807) is 4.57 Å². The first kappa shape index (κ1) is 16.1. The van der Waals surface area contributed by atoms with Gasteiger partial charge in [-0.3, -0.25) is 14.3 Å². The van der Waals surface area contributed by atoms with Crippen molar-refractivity contribution >= 4 is 28.9 Å². The zero-order valence-electron chi connectivity index (χ0n) is 12.7. The van der Waals surface area contributed by atoms with Gasteiger partial charge in [0, 0.05) is 12.8 Å². The maximum Gasteiger partial charge on any atom is 0.329 e. The summed E-state index contributed by atoms with van der Waals surface area (Å²) < 4.78 is 2.83. The van der Waals surface area contributed by atoms with E-state index >= 15 is 0 Å². The van der Waals surface area contributed by atoms with Gasteiger partial charge in [0.15, 0.2) is 16.3 Å². The Morgan fingerprint density at radius 2 is 2.00 bits per heavy atom. The Morgan fingerprint density at radius 3 is 2.67 bits per heavy atom. The highest BCUT2D eigenvalue weighted by atomic mass is 32.2. The maximum atomic E-state index is 12.2. The summed E-state index contributed by atoms with van der Waals surface area (Å²) in [5.41, 5.74) is 0.216. The molecule has 1 aromatic carbocycles. The summed E-state index contributed by atoms with van der Waals surface area (Å²) in [6.45, 7) is 0.327. The Labute approximate surface area is 139 Å². The fourth-order valence-corrected chi connectivity index (χ4v) is 3.07. The number of nitrogens with one attached hydrogen (secondary N) is 1. The van der Waals surface area contributed by atoms with Crippen LogP contribution in [-0.4, -0.2) is 30.8 Å². The van der Waals surface area contributed by atoms with Gasteiger partial charge < -0.3 is 14.5 Å². The topological polar surface area (TPSA) is 113 Å². The first-order valence-electron chi connectivity index (χ1n) is 7.03. The van der Waals surface area contributed by atoms with Crippen molar-refractivity contribution in [3.63, 3.8) is 0 Å². The molecule has 0 saturated heterocycles. The van der Waals surface area contributed by atoms with Crippen molar-refractivity contribution in [2.24, 2.45) is 7.05 Å². The van der Waals surface area contributed by atoms with E-state index in [4.69, 9.17) is 0 Å². The monoisotopic (exact) mass is 345 g/mol. The Bertz CT molecular complexity index is 1020. The molecule has 3 aromatic rings. The van der Waals surface area contributed by atoms with E-state index in [1.165, 1.54) is 11.6 Å². The van der Waals surface area contributed by atoms with E-state index in [0.717, 1.165) is 17.3 Å². The van der Waals surface area contributed by atoms with Gasteiger partial charge in [-0.25, -0.2) is 9.78 Å². The number of imidazole rings is 1. The highest BCUT2D eigenvalue weighted by Crippen LogP contribution is 2.22. The third kappa shape index (κ3) is 2.98. The summed E-state index contributed by atoms with van der Waals surface area (Å²) in [6, 6.07) is 9.37. The lowest BCUT2D eigenvalue weighted by molar-refractivity contribution is -0.301. The van der Waals surface area contributed by atoms with E-state index < -0.39 is 17.2 Å². The van der Waals surface area contributed by atoms with E-state index in [0.29, 0.717) is 11.7 Å². The van der Waals surface area contributed by atoms with Gasteiger partial charge in [0.1, 0.15) is 0 Å². The molecule has 0 bridgehead atoms. The predicted octanol–water partition coefficient (Wildman–Crippen LogP) is -0.686. The number of benzene rings is 1. The fourth-order valence-electron chi connectivity index (χ4n) is 2.36. The van der Waals surface area contributed by atoms with Gasteiger partial charge in [0.25, 0.3) is 5.56 Å². The number of thioether (sulfide) groups is 1. The molecule has 0 unspecified atom stereocenters. The lowest BCUT2D eigenvalue weighted by Gasteiger charge is -2.09. The standard InChI is InChI=1S/C15H14N4O4S/c1-18-12-11(13(22)17-14(18)23)19(7-9-5-3-2-4-6-9)15(16-12)24-8-10(20)21/h2-6H,7-8H2,1H3,(H,20,21)(H,17,22,23)/p-1. The summed E-state index contributed by atoms with van der Waals surface area (Å²) in [5, 5.41) is 11.1. The summed E-state index contributed by atoms with van der Waals surface area (Å²) in [4.78, 5) is 41.3. The van der Waals surface area contributed by atoms with Gasteiger partial charge in [-0.2, -0.15) is 0 Å². The highest BCUT2D eigenvalue weighted by molar-refractivity contribution is 7.99. The first-order valence-corrected chi connectivity index (χ1v) is 8.02. The minimum absolute atomic E-state index is 0.209. The molecule has 0 aliphatic rings. The molecule has 0 saturated carbocycles. The average Bonchev–Trinajstić information content (AvgIpc) is 2.91. The number of aryl methyl sites for hydroxylation is 1. The van der Waals surface area contributed by atoms with E-state index in [-0.39, 0.29) is 16.9 Å². The summed E-state index contributed by atoms with van der Waals surface area (Å²) in [6.07, 6.45) is 0. The van der Waals surface area contributed by atoms with E-state index in [9.17, 15) is 19.5 Å². The van der Waals surface area contributed by atoms with E-state index in [1.807, 2.05) is 30.3 Å². The van der Waals surface area contributed by atoms with Crippen LogP contribution < -0.4 is 16.4 Å². The molecule has 0 atom stereocenters. The molecular weight excluding hydrogens is 332 g/mol. The molecule has 1 N–H and O–H groups in total. The number of rotatable bonds is 5. The molecule has 3 rings (SSSR count). The van der Waals surface area contributed by atoms with Crippen LogP contribution in [-0.2, 0) is 18.4 Å². The van der Waals surface area contributed by atoms with Crippen molar-refractivity contribution in [2.45, 2.75) is 11.7 Å². The van der Waals surface area contributed by atoms with Crippen LogP contribution in [0.3, 0.4) is 0 Å². The smallest absolute Gasteiger partial charge is 0.329 e. The van der Waals surface area contributed by atoms with Crippen molar-refractivity contribution in [2.75, 3.05) is 5.75 Å². The molecule has 0 fully saturated rings. The van der Waals surface area contributed by atoms with Gasteiger partial charge in [-0.1, -0.05) is 42.1 Å². The molecule has 8 nitrogen and oxygen atoms in total. The van der Waals surface area contributed by atoms with Crippen LogP contribution in [0.4, 0.5) is 0 Å². The minimum Gasteiger partial charge on any atom is -0.549 e. The average molecular weight is 345 g/mol. The second kappa shape index (κ2) is 6.36. The second-order valence-electron chi connectivity index (χ2n) is 5.12.